The molecule has 2 heteroatoms. The number of rotatable bonds is 7. The Morgan fingerprint density at radius 1 is 1.14 bits per heavy atom. The lowest BCUT2D eigenvalue weighted by molar-refractivity contribution is 0.278. The number of aryl methyl sites for hydroxylation is 1. The third-order valence-electron chi connectivity index (χ3n) is 4.91. The molecular weight excluding hydrogens is 256 g/mol. The van der Waals surface area contributed by atoms with Gasteiger partial charge in [-0.3, -0.25) is 0 Å². The van der Waals surface area contributed by atoms with Crippen LogP contribution >= 0.6 is 0 Å². The molecule has 0 bridgehead atoms. The molecule has 21 heavy (non-hydrogen) atoms. The Morgan fingerprint density at radius 2 is 1.76 bits per heavy atom. The summed E-state index contributed by atoms with van der Waals surface area (Å²) in [5.74, 6) is 0. The van der Waals surface area contributed by atoms with Crippen LogP contribution in [0, 0.1) is 5.41 Å². The minimum absolute atomic E-state index is 0.461. The number of nitrogens with zero attached hydrogens (tertiary/aromatic N) is 1. The SMILES string of the molecule is CCc1ccc(N(C)CC2(CNC(C)C)CCCC2)cc1. The van der Waals surface area contributed by atoms with E-state index in [1.807, 2.05) is 0 Å². The Bertz CT molecular complexity index is 416. The predicted molar refractivity (Wildman–Crippen MR) is 93.1 cm³/mol. The first-order valence-electron chi connectivity index (χ1n) is 8.58. The van der Waals surface area contributed by atoms with Crippen LogP contribution in [0.4, 0.5) is 5.69 Å². The highest BCUT2D eigenvalue weighted by atomic mass is 15.1. The van der Waals surface area contributed by atoms with Gasteiger partial charge in [-0.2, -0.15) is 0 Å². The Labute approximate surface area is 130 Å². The van der Waals surface area contributed by atoms with Gasteiger partial charge in [0.2, 0.25) is 0 Å². The quantitative estimate of drug-likeness (QED) is 0.807. The molecule has 1 aromatic rings. The Morgan fingerprint density at radius 3 is 2.29 bits per heavy atom. The number of hydrogen-bond donors (Lipinski definition) is 1. The number of nitrogens with one attached hydrogen (secondary N) is 1. The zero-order valence-corrected chi connectivity index (χ0v) is 14.3. The van der Waals surface area contributed by atoms with Crippen molar-refractivity contribution < 1.29 is 0 Å². The van der Waals surface area contributed by atoms with E-state index >= 15 is 0 Å². The van der Waals surface area contributed by atoms with Gasteiger partial charge in [-0.25, -0.2) is 0 Å². The smallest absolute Gasteiger partial charge is 0.0363 e. The topological polar surface area (TPSA) is 15.3 Å². The molecule has 0 saturated heterocycles. The molecule has 0 aliphatic heterocycles. The largest absolute Gasteiger partial charge is 0.374 e. The molecule has 1 aliphatic carbocycles. The summed E-state index contributed by atoms with van der Waals surface area (Å²) in [7, 11) is 2.25. The average molecular weight is 288 g/mol. The first-order chi connectivity index (χ1) is 10.0. The van der Waals surface area contributed by atoms with Crippen LogP contribution in [0.5, 0.6) is 0 Å². The van der Waals surface area contributed by atoms with E-state index in [0.29, 0.717) is 11.5 Å². The summed E-state index contributed by atoms with van der Waals surface area (Å²) in [5, 5.41) is 3.68. The van der Waals surface area contributed by atoms with Crippen LogP contribution in [-0.2, 0) is 6.42 Å². The van der Waals surface area contributed by atoms with Crippen molar-refractivity contribution in [3.63, 3.8) is 0 Å². The average Bonchev–Trinajstić information content (AvgIpc) is 2.94. The summed E-state index contributed by atoms with van der Waals surface area (Å²) in [5.41, 5.74) is 3.23. The summed E-state index contributed by atoms with van der Waals surface area (Å²) in [6, 6.07) is 9.66. The molecule has 0 heterocycles. The molecular formula is C19H32N2. The summed E-state index contributed by atoms with van der Waals surface area (Å²) in [4.78, 5) is 2.45. The van der Waals surface area contributed by atoms with Crippen LogP contribution < -0.4 is 10.2 Å². The van der Waals surface area contributed by atoms with E-state index in [9.17, 15) is 0 Å². The van der Waals surface area contributed by atoms with E-state index in [4.69, 9.17) is 0 Å². The van der Waals surface area contributed by atoms with Crippen LogP contribution in [-0.4, -0.2) is 26.2 Å². The molecule has 1 saturated carbocycles. The van der Waals surface area contributed by atoms with Gasteiger partial charge in [0.25, 0.3) is 0 Å². The molecule has 1 fully saturated rings. The second-order valence-electron chi connectivity index (χ2n) is 7.12. The van der Waals surface area contributed by atoms with Crippen molar-refractivity contribution in [2.75, 3.05) is 25.0 Å². The fraction of sp³-hybridized carbons (Fsp3) is 0.684. The van der Waals surface area contributed by atoms with Crippen LogP contribution in [0.25, 0.3) is 0 Å². The van der Waals surface area contributed by atoms with Gasteiger partial charge >= 0.3 is 0 Å². The predicted octanol–water partition coefficient (Wildman–Crippen LogP) is 4.24. The van der Waals surface area contributed by atoms with Crippen molar-refractivity contribution in [2.45, 2.75) is 58.9 Å². The molecule has 0 spiro atoms. The monoisotopic (exact) mass is 288 g/mol. The molecule has 2 nitrogen and oxygen atoms in total. The van der Waals surface area contributed by atoms with Crippen LogP contribution in [0.15, 0.2) is 24.3 Å². The molecule has 1 aromatic carbocycles. The van der Waals surface area contributed by atoms with E-state index < -0.39 is 0 Å². The maximum atomic E-state index is 3.68. The van der Waals surface area contributed by atoms with E-state index in [1.165, 1.54) is 36.9 Å². The fourth-order valence-corrected chi connectivity index (χ4v) is 3.52. The third-order valence-corrected chi connectivity index (χ3v) is 4.91. The van der Waals surface area contributed by atoms with E-state index in [2.05, 4.69) is 62.3 Å². The summed E-state index contributed by atoms with van der Waals surface area (Å²) < 4.78 is 0. The number of anilines is 1. The van der Waals surface area contributed by atoms with Gasteiger partial charge in [0.05, 0.1) is 0 Å². The van der Waals surface area contributed by atoms with Gasteiger partial charge in [0, 0.05) is 37.3 Å². The molecule has 1 N–H and O–H groups in total. The van der Waals surface area contributed by atoms with Crippen molar-refractivity contribution in [2.24, 2.45) is 5.41 Å². The van der Waals surface area contributed by atoms with Crippen molar-refractivity contribution in [3.05, 3.63) is 29.8 Å². The second-order valence-corrected chi connectivity index (χ2v) is 7.12. The first kappa shape index (κ1) is 16.4. The second kappa shape index (κ2) is 7.31. The molecule has 0 atom stereocenters. The summed E-state index contributed by atoms with van der Waals surface area (Å²) in [6.45, 7) is 9.02. The van der Waals surface area contributed by atoms with Crippen LogP contribution in [0.1, 0.15) is 52.0 Å². The zero-order valence-electron chi connectivity index (χ0n) is 14.3. The summed E-state index contributed by atoms with van der Waals surface area (Å²) >= 11 is 0. The lowest BCUT2D eigenvalue weighted by atomic mass is 9.85. The lowest BCUT2D eigenvalue weighted by Gasteiger charge is -2.35. The van der Waals surface area contributed by atoms with Gasteiger partial charge in [-0.05, 0) is 37.0 Å². The van der Waals surface area contributed by atoms with E-state index in [1.54, 1.807) is 0 Å². The molecule has 1 aliphatic rings. The van der Waals surface area contributed by atoms with E-state index in [-0.39, 0.29) is 0 Å². The minimum atomic E-state index is 0.461. The molecule has 0 aromatic heterocycles. The first-order valence-corrected chi connectivity index (χ1v) is 8.58. The highest BCUT2D eigenvalue weighted by Crippen LogP contribution is 2.39. The Hall–Kier alpha value is -1.02. The van der Waals surface area contributed by atoms with Crippen molar-refractivity contribution in [3.8, 4) is 0 Å². The molecule has 0 amide bonds. The van der Waals surface area contributed by atoms with Gasteiger partial charge in [0.15, 0.2) is 0 Å². The van der Waals surface area contributed by atoms with Gasteiger partial charge in [-0.15, -0.1) is 0 Å². The molecule has 0 unspecified atom stereocenters. The standard InChI is InChI=1S/C19H32N2/c1-5-17-8-10-18(11-9-17)21(4)15-19(12-6-7-13-19)14-20-16(2)3/h8-11,16,20H,5-7,12-15H2,1-4H3. The highest BCUT2D eigenvalue weighted by Gasteiger charge is 2.34. The maximum absolute atomic E-state index is 3.68. The highest BCUT2D eigenvalue weighted by molar-refractivity contribution is 5.47. The maximum Gasteiger partial charge on any atom is 0.0363 e. The number of hydrogen-bond acceptors (Lipinski definition) is 2. The van der Waals surface area contributed by atoms with Gasteiger partial charge < -0.3 is 10.2 Å². The normalized spacial score (nSPS) is 17.4. The molecule has 0 radical (unpaired) electrons. The van der Waals surface area contributed by atoms with Gasteiger partial charge in [0.1, 0.15) is 0 Å². The molecule has 118 valence electrons. The Kier molecular flexibility index (Phi) is 5.69. The van der Waals surface area contributed by atoms with Crippen LogP contribution in [0.2, 0.25) is 0 Å². The van der Waals surface area contributed by atoms with Crippen molar-refractivity contribution in [1.82, 2.24) is 5.32 Å². The molecule has 2 rings (SSSR count). The van der Waals surface area contributed by atoms with Crippen LogP contribution in [0.3, 0.4) is 0 Å². The third kappa shape index (κ3) is 4.47. The van der Waals surface area contributed by atoms with Crippen molar-refractivity contribution >= 4 is 5.69 Å². The Balaban J connectivity index is 2.01. The van der Waals surface area contributed by atoms with E-state index in [0.717, 1.165) is 19.5 Å². The van der Waals surface area contributed by atoms with Gasteiger partial charge in [-0.1, -0.05) is 45.7 Å². The lowest BCUT2D eigenvalue weighted by Crippen LogP contribution is -2.43. The zero-order chi connectivity index (χ0) is 15.3. The summed E-state index contributed by atoms with van der Waals surface area (Å²) in [6.07, 6.45) is 6.63. The number of benzene rings is 1. The fourth-order valence-electron chi connectivity index (χ4n) is 3.52. The minimum Gasteiger partial charge on any atom is -0.374 e. The van der Waals surface area contributed by atoms with Crippen molar-refractivity contribution in [1.29, 1.82) is 0 Å².